The molecule has 10 heavy (non-hydrogen) atoms. The summed E-state index contributed by atoms with van der Waals surface area (Å²) in [6.45, 7) is 9.00. The first kappa shape index (κ1) is 7.84. The first-order valence-corrected chi connectivity index (χ1v) is 4.09. The van der Waals surface area contributed by atoms with Crippen molar-refractivity contribution in [1.29, 1.82) is 0 Å². The maximum atomic E-state index is 2.40. The fourth-order valence-electron chi connectivity index (χ4n) is 1.10. The normalized spacial score (nSPS) is 30.4. The van der Waals surface area contributed by atoms with Gasteiger partial charge in [-0.1, -0.05) is 32.4 Å². The molecular weight excluding hydrogens is 120 g/mol. The van der Waals surface area contributed by atoms with E-state index in [9.17, 15) is 0 Å². The maximum Gasteiger partial charge on any atom is -0.0140 e. The van der Waals surface area contributed by atoms with Crippen LogP contribution in [-0.4, -0.2) is 0 Å². The number of allylic oxidation sites excluding steroid dienone is 2. The molecule has 1 fully saturated rings. The number of hydrogen-bond donors (Lipinski definition) is 0. The highest BCUT2D eigenvalue weighted by Crippen LogP contribution is 2.51. The standard InChI is InChI=1S/C10H17/c1-5-8(2)6-9-7-10(9,3)4/h6-7,9H,5H2,1-4H3/b8-6-. The summed E-state index contributed by atoms with van der Waals surface area (Å²) in [5, 5.41) is 0. The van der Waals surface area contributed by atoms with Crippen molar-refractivity contribution in [2.45, 2.75) is 34.1 Å². The summed E-state index contributed by atoms with van der Waals surface area (Å²) in [6.07, 6.45) is 5.98. The Labute approximate surface area is 64.3 Å². The van der Waals surface area contributed by atoms with Crippen LogP contribution in [-0.2, 0) is 0 Å². The van der Waals surface area contributed by atoms with E-state index in [1.165, 1.54) is 12.0 Å². The molecule has 0 aliphatic heterocycles. The van der Waals surface area contributed by atoms with Gasteiger partial charge in [-0.15, -0.1) is 0 Å². The molecule has 1 rings (SSSR count). The molecule has 0 spiro atoms. The second-order valence-corrected chi connectivity index (χ2v) is 3.88. The van der Waals surface area contributed by atoms with Crippen LogP contribution >= 0.6 is 0 Å². The van der Waals surface area contributed by atoms with E-state index in [0.717, 1.165) is 5.92 Å². The monoisotopic (exact) mass is 137 g/mol. The van der Waals surface area contributed by atoms with E-state index in [4.69, 9.17) is 0 Å². The van der Waals surface area contributed by atoms with Crippen LogP contribution in [0, 0.1) is 17.8 Å². The molecule has 1 unspecified atom stereocenters. The molecule has 1 atom stereocenters. The molecule has 1 aliphatic rings. The molecule has 0 aromatic rings. The number of rotatable bonds is 2. The largest absolute Gasteiger partial charge is 0.0816 e. The van der Waals surface area contributed by atoms with E-state index in [2.05, 4.69) is 40.2 Å². The molecule has 0 nitrogen and oxygen atoms in total. The van der Waals surface area contributed by atoms with Crippen LogP contribution in [0.4, 0.5) is 0 Å². The summed E-state index contributed by atoms with van der Waals surface area (Å²) in [4.78, 5) is 0. The van der Waals surface area contributed by atoms with Gasteiger partial charge in [0.05, 0.1) is 0 Å². The van der Waals surface area contributed by atoms with Crippen LogP contribution < -0.4 is 0 Å². The Bertz CT molecular complexity index is 151. The van der Waals surface area contributed by atoms with Crippen LogP contribution in [0.1, 0.15) is 34.1 Å². The molecule has 0 heteroatoms. The summed E-state index contributed by atoms with van der Waals surface area (Å²) in [5.74, 6) is 0.757. The van der Waals surface area contributed by atoms with Crippen molar-refractivity contribution < 1.29 is 0 Å². The Kier molecular flexibility index (Phi) is 1.89. The fourth-order valence-corrected chi connectivity index (χ4v) is 1.10. The zero-order valence-corrected chi connectivity index (χ0v) is 7.44. The minimum Gasteiger partial charge on any atom is -0.0816 e. The van der Waals surface area contributed by atoms with Gasteiger partial charge in [0.15, 0.2) is 0 Å². The molecule has 1 aliphatic carbocycles. The van der Waals surface area contributed by atoms with Crippen LogP contribution in [0.25, 0.3) is 0 Å². The Morgan fingerprint density at radius 1 is 1.60 bits per heavy atom. The molecule has 0 aromatic carbocycles. The third-order valence-corrected chi connectivity index (χ3v) is 2.38. The third-order valence-electron chi connectivity index (χ3n) is 2.38. The molecule has 1 radical (unpaired) electrons. The molecule has 0 N–H and O–H groups in total. The van der Waals surface area contributed by atoms with Crippen molar-refractivity contribution in [3.8, 4) is 0 Å². The highest BCUT2D eigenvalue weighted by Gasteiger charge is 2.44. The van der Waals surface area contributed by atoms with E-state index >= 15 is 0 Å². The van der Waals surface area contributed by atoms with E-state index in [1.807, 2.05) is 0 Å². The zero-order valence-electron chi connectivity index (χ0n) is 7.44. The SMILES string of the molecule is CC/C(C)=C\C1[CH]C1(C)C. The minimum absolute atomic E-state index is 0.496. The van der Waals surface area contributed by atoms with Crippen molar-refractivity contribution in [2.24, 2.45) is 11.3 Å². The second kappa shape index (κ2) is 2.41. The lowest BCUT2D eigenvalue weighted by Gasteiger charge is -1.98. The predicted octanol–water partition coefficient (Wildman–Crippen LogP) is 3.20. The zero-order chi connectivity index (χ0) is 7.78. The van der Waals surface area contributed by atoms with Gasteiger partial charge in [-0.3, -0.25) is 0 Å². The van der Waals surface area contributed by atoms with Gasteiger partial charge in [0.25, 0.3) is 0 Å². The molecule has 1 saturated carbocycles. The van der Waals surface area contributed by atoms with Gasteiger partial charge in [0.2, 0.25) is 0 Å². The van der Waals surface area contributed by atoms with Gasteiger partial charge in [0, 0.05) is 0 Å². The van der Waals surface area contributed by atoms with Crippen LogP contribution in [0.3, 0.4) is 0 Å². The summed E-state index contributed by atoms with van der Waals surface area (Å²) in [6, 6.07) is 0. The molecule has 0 amide bonds. The van der Waals surface area contributed by atoms with E-state index in [1.54, 1.807) is 0 Å². The van der Waals surface area contributed by atoms with Crippen molar-refractivity contribution in [1.82, 2.24) is 0 Å². The van der Waals surface area contributed by atoms with Crippen molar-refractivity contribution >= 4 is 0 Å². The van der Waals surface area contributed by atoms with Crippen LogP contribution in [0.5, 0.6) is 0 Å². The quantitative estimate of drug-likeness (QED) is 0.513. The highest BCUT2D eigenvalue weighted by atomic mass is 14.5. The van der Waals surface area contributed by atoms with Crippen molar-refractivity contribution in [3.63, 3.8) is 0 Å². The smallest absolute Gasteiger partial charge is 0.0140 e. The Balaban J connectivity index is 2.42. The molecular formula is C10H17. The summed E-state index contributed by atoms with van der Waals surface area (Å²) in [5.41, 5.74) is 2.02. The second-order valence-electron chi connectivity index (χ2n) is 3.88. The Morgan fingerprint density at radius 2 is 2.10 bits per heavy atom. The molecule has 0 heterocycles. The van der Waals surface area contributed by atoms with Crippen LogP contribution in [0.2, 0.25) is 0 Å². The molecule has 0 saturated heterocycles. The lowest BCUT2D eigenvalue weighted by atomic mass is 10.1. The summed E-state index contributed by atoms with van der Waals surface area (Å²) < 4.78 is 0. The van der Waals surface area contributed by atoms with Gasteiger partial charge < -0.3 is 0 Å². The van der Waals surface area contributed by atoms with E-state index < -0.39 is 0 Å². The van der Waals surface area contributed by atoms with E-state index in [-0.39, 0.29) is 0 Å². The predicted molar refractivity (Wildman–Crippen MR) is 45.6 cm³/mol. The fraction of sp³-hybridized carbons (Fsp3) is 0.700. The van der Waals surface area contributed by atoms with Gasteiger partial charge in [-0.25, -0.2) is 0 Å². The Morgan fingerprint density at radius 3 is 2.40 bits per heavy atom. The topological polar surface area (TPSA) is 0 Å². The third kappa shape index (κ3) is 1.62. The first-order chi connectivity index (χ1) is 4.56. The van der Waals surface area contributed by atoms with Crippen molar-refractivity contribution in [3.05, 3.63) is 18.1 Å². The highest BCUT2D eigenvalue weighted by molar-refractivity contribution is 5.23. The Hall–Kier alpha value is -0.260. The minimum atomic E-state index is 0.496. The maximum absolute atomic E-state index is 2.40. The average Bonchev–Trinajstić information content (AvgIpc) is 2.40. The van der Waals surface area contributed by atoms with Gasteiger partial charge >= 0.3 is 0 Å². The lowest BCUT2D eigenvalue weighted by molar-refractivity contribution is 0.623. The van der Waals surface area contributed by atoms with E-state index in [0.29, 0.717) is 5.41 Å². The average molecular weight is 137 g/mol. The van der Waals surface area contributed by atoms with Crippen LogP contribution in [0.15, 0.2) is 11.6 Å². The van der Waals surface area contributed by atoms with Gasteiger partial charge in [-0.2, -0.15) is 0 Å². The molecule has 0 bridgehead atoms. The first-order valence-electron chi connectivity index (χ1n) is 4.09. The molecule has 57 valence electrons. The van der Waals surface area contributed by atoms with Gasteiger partial charge in [0.1, 0.15) is 0 Å². The summed E-state index contributed by atoms with van der Waals surface area (Å²) >= 11 is 0. The molecule has 0 aromatic heterocycles. The lowest BCUT2D eigenvalue weighted by Crippen LogP contribution is -1.87. The van der Waals surface area contributed by atoms with Gasteiger partial charge in [-0.05, 0) is 31.1 Å². The number of hydrogen-bond acceptors (Lipinski definition) is 0. The summed E-state index contributed by atoms with van der Waals surface area (Å²) in [7, 11) is 0. The van der Waals surface area contributed by atoms with Crippen molar-refractivity contribution in [2.75, 3.05) is 0 Å².